The molecule has 78 valence electrons. The molecule has 1 aromatic carbocycles. The van der Waals surface area contributed by atoms with Crippen LogP contribution in [0.2, 0.25) is 0 Å². The Balaban J connectivity index is 0.000000461. The van der Waals surface area contributed by atoms with Crippen molar-refractivity contribution in [3.05, 3.63) is 35.1 Å². The first-order chi connectivity index (χ1) is 6.59. The summed E-state index contributed by atoms with van der Waals surface area (Å²) in [5.74, 6) is -0.185. The van der Waals surface area contributed by atoms with E-state index in [9.17, 15) is 4.39 Å². The fourth-order valence-electron chi connectivity index (χ4n) is 1.60. The first-order valence-electron chi connectivity index (χ1n) is 5.02. The van der Waals surface area contributed by atoms with E-state index in [1.807, 2.05) is 27.7 Å². The molecule has 0 atom stereocenters. The molecule has 0 bridgehead atoms. The molecule has 0 unspecified atom stereocenters. The molecule has 1 aliphatic heterocycles. The van der Waals surface area contributed by atoms with Crippen molar-refractivity contribution >= 4 is 0 Å². The lowest BCUT2D eigenvalue weighted by atomic mass is 9.96. The van der Waals surface area contributed by atoms with E-state index in [2.05, 4.69) is 0 Å². The molecule has 0 saturated heterocycles. The molecule has 0 radical (unpaired) electrons. The third-order valence-corrected chi connectivity index (χ3v) is 2.30. The van der Waals surface area contributed by atoms with E-state index in [0.29, 0.717) is 6.61 Å². The first kappa shape index (κ1) is 11.2. The van der Waals surface area contributed by atoms with Crippen LogP contribution in [0.15, 0.2) is 18.2 Å². The Morgan fingerprint density at radius 2 is 1.93 bits per heavy atom. The summed E-state index contributed by atoms with van der Waals surface area (Å²) in [5, 5.41) is 0. The van der Waals surface area contributed by atoms with Gasteiger partial charge in [-0.05, 0) is 37.1 Å². The molecule has 0 fully saturated rings. The van der Waals surface area contributed by atoms with Gasteiger partial charge in [-0.2, -0.15) is 0 Å². The van der Waals surface area contributed by atoms with Crippen molar-refractivity contribution in [1.29, 1.82) is 0 Å². The van der Waals surface area contributed by atoms with Gasteiger partial charge in [0.05, 0.1) is 12.2 Å². The van der Waals surface area contributed by atoms with Crippen LogP contribution in [0.4, 0.5) is 4.39 Å². The molecule has 2 heteroatoms. The zero-order chi connectivity index (χ0) is 10.8. The van der Waals surface area contributed by atoms with Crippen LogP contribution in [0.5, 0.6) is 0 Å². The van der Waals surface area contributed by atoms with E-state index >= 15 is 0 Å². The van der Waals surface area contributed by atoms with Crippen LogP contribution in [-0.4, -0.2) is 0 Å². The van der Waals surface area contributed by atoms with Crippen LogP contribution in [0.1, 0.15) is 38.8 Å². The molecule has 14 heavy (non-hydrogen) atoms. The number of halogens is 1. The van der Waals surface area contributed by atoms with Gasteiger partial charge >= 0.3 is 0 Å². The maximum Gasteiger partial charge on any atom is 0.123 e. The molecular formula is C12H17FO. The first-order valence-corrected chi connectivity index (χ1v) is 5.02. The van der Waals surface area contributed by atoms with E-state index in [0.717, 1.165) is 11.1 Å². The fourth-order valence-corrected chi connectivity index (χ4v) is 1.60. The minimum absolute atomic E-state index is 0.185. The lowest BCUT2D eigenvalue weighted by Gasteiger charge is -2.17. The van der Waals surface area contributed by atoms with Gasteiger partial charge in [0.25, 0.3) is 0 Å². The van der Waals surface area contributed by atoms with Crippen molar-refractivity contribution < 1.29 is 9.13 Å². The second kappa shape index (κ2) is 4.09. The smallest absolute Gasteiger partial charge is 0.123 e. The SMILES string of the molecule is CC.CC1(C)OCc2cc(F)ccc21. The highest BCUT2D eigenvalue weighted by Gasteiger charge is 2.30. The minimum Gasteiger partial charge on any atom is -0.366 e. The molecule has 0 aromatic heterocycles. The predicted molar refractivity (Wildman–Crippen MR) is 55.6 cm³/mol. The lowest BCUT2D eigenvalue weighted by molar-refractivity contribution is -0.00790. The standard InChI is InChI=1S/C10H11FO.C2H6/c1-10(2)9-4-3-8(11)5-7(9)6-12-10;1-2/h3-5H,6H2,1-2H3;1-2H3. The molecule has 2 rings (SSSR count). The summed E-state index contributed by atoms with van der Waals surface area (Å²) in [7, 11) is 0. The van der Waals surface area contributed by atoms with Crippen LogP contribution >= 0.6 is 0 Å². The second-order valence-corrected chi connectivity index (χ2v) is 3.60. The summed E-state index contributed by atoms with van der Waals surface area (Å²) < 4.78 is 18.3. The van der Waals surface area contributed by atoms with Gasteiger partial charge in [0.2, 0.25) is 0 Å². The van der Waals surface area contributed by atoms with Gasteiger partial charge in [-0.15, -0.1) is 0 Å². The molecule has 0 amide bonds. The summed E-state index contributed by atoms with van der Waals surface area (Å²) in [6, 6.07) is 4.83. The average Bonchev–Trinajstić information content (AvgIpc) is 2.45. The average molecular weight is 196 g/mol. The molecule has 1 heterocycles. The Kier molecular flexibility index (Phi) is 3.27. The topological polar surface area (TPSA) is 9.23 Å². The zero-order valence-electron chi connectivity index (χ0n) is 9.23. The Hall–Kier alpha value is -0.890. The van der Waals surface area contributed by atoms with Gasteiger partial charge in [0, 0.05) is 0 Å². The van der Waals surface area contributed by atoms with Gasteiger partial charge in [-0.25, -0.2) is 4.39 Å². The van der Waals surface area contributed by atoms with E-state index in [1.165, 1.54) is 6.07 Å². The molecule has 0 N–H and O–H groups in total. The van der Waals surface area contributed by atoms with Gasteiger partial charge in [-0.1, -0.05) is 19.9 Å². The summed E-state index contributed by atoms with van der Waals surface area (Å²) >= 11 is 0. The number of benzene rings is 1. The van der Waals surface area contributed by atoms with Crippen molar-refractivity contribution in [3.8, 4) is 0 Å². The highest BCUT2D eigenvalue weighted by molar-refractivity contribution is 5.34. The van der Waals surface area contributed by atoms with Gasteiger partial charge < -0.3 is 4.74 Å². The number of rotatable bonds is 0. The normalized spacial score (nSPS) is 16.9. The van der Waals surface area contributed by atoms with E-state index in [-0.39, 0.29) is 11.4 Å². The number of ether oxygens (including phenoxy) is 1. The van der Waals surface area contributed by atoms with Crippen LogP contribution in [0.25, 0.3) is 0 Å². The Morgan fingerprint density at radius 3 is 2.57 bits per heavy atom. The molecule has 0 saturated carbocycles. The Labute approximate surface area is 84.9 Å². The molecule has 1 aliphatic rings. The highest BCUT2D eigenvalue weighted by atomic mass is 19.1. The number of hydrogen-bond acceptors (Lipinski definition) is 1. The predicted octanol–water partition coefficient (Wildman–Crippen LogP) is 3.62. The van der Waals surface area contributed by atoms with Crippen molar-refractivity contribution in [2.75, 3.05) is 0 Å². The molecular weight excluding hydrogens is 179 g/mol. The van der Waals surface area contributed by atoms with E-state index < -0.39 is 0 Å². The molecule has 1 nitrogen and oxygen atoms in total. The largest absolute Gasteiger partial charge is 0.366 e. The van der Waals surface area contributed by atoms with Crippen molar-refractivity contribution in [2.24, 2.45) is 0 Å². The van der Waals surface area contributed by atoms with Gasteiger partial charge in [0.1, 0.15) is 5.82 Å². The summed E-state index contributed by atoms with van der Waals surface area (Å²) in [5.41, 5.74) is 1.83. The van der Waals surface area contributed by atoms with Crippen molar-refractivity contribution in [1.82, 2.24) is 0 Å². The summed E-state index contributed by atoms with van der Waals surface area (Å²) in [4.78, 5) is 0. The van der Waals surface area contributed by atoms with E-state index in [4.69, 9.17) is 4.74 Å². The quantitative estimate of drug-likeness (QED) is 0.615. The Morgan fingerprint density at radius 1 is 1.29 bits per heavy atom. The van der Waals surface area contributed by atoms with Gasteiger partial charge in [-0.3, -0.25) is 0 Å². The fraction of sp³-hybridized carbons (Fsp3) is 0.500. The number of fused-ring (bicyclic) bond motifs is 1. The lowest BCUT2D eigenvalue weighted by Crippen LogP contribution is -2.14. The van der Waals surface area contributed by atoms with Crippen molar-refractivity contribution in [3.63, 3.8) is 0 Å². The number of hydrogen-bond donors (Lipinski definition) is 0. The van der Waals surface area contributed by atoms with Crippen LogP contribution in [-0.2, 0) is 16.9 Å². The maximum atomic E-state index is 12.8. The monoisotopic (exact) mass is 196 g/mol. The van der Waals surface area contributed by atoms with E-state index in [1.54, 1.807) is 12.1 Å². The van der Waals surface area contributed by atoms with Crippen LogP contribution in [0, 0.1) is 5.82 Å². The summed E-state index contributed by atoms with van der Waals surface area (Å²) in [6.45, 7) is 8.52. The van der Waals surface area contributed by atoms with Crippen LogP contribution in [0.3, 0.4) is 0 Å². The highest BCUT2D eigenvalue weighted by Crippen LogP contribution is 2.35. The second-order valence-electron chi connectivity index (χ2n) is 3.60. The molecule has 0 aliphatic carbocycles. The third kappa shape index (κ3) is 1.95. The molecule has 0 spiro atoms. The van der Waals surface area contributed by atoms with Crippen molar-refractivity contribution in [2.45, 2.75) is 39.9 Å². The molecule has 1 aromatic rings. The maximum absolute atomic E-state index is 12.8. The zero-order valence-corrected chi connectivity index (χ0v) is 9.23. The van der Waals surface area contributed by atoms with Gasteiger partial charge in [0.15, 0.2) is 0 Å². The Bertz CT molecular complexity index is 318. The minimum atomic E-state index is -0.247. The summed E-state index contributed by atoms with van der Waals surface area (Å²) in [6.07, 6.45) is 0. The third-order valence-electron chi connectivity index (χ3n) is 2.30. The van der Waals surface area contributed by atoms with Crippen LogP contribution < -0.4 is 0 Å².